The average Bonchev–Trinajstić information content (AvgIpc) is 2.61. The SMILES string of the molecule is CCCCCCCCCCCN(CC(=O)[O-])[C@@H](CO)c1ccccc1.[Na+]. The van der Waals surface area contributed by atoms with Gasteiger partial charge in [-0.05, 0) is 18.5 Å². The minimum atomic E-state index is -1.09. The zero-order valence-corrected chi connectivity index (χ0v) is 18.7. The summed E-state index contributed by atoms with van der Waals surface area (Å²) in [6, 6.07) is 9.32. The average molecular weight is 371 g/mol. The molecule has 1 atom stereocenters. The quantitative estimate of drug-likeness (QED) is 0.356. The van der Waals surface area contributed by atoms with Gasteiger partial charge in [0, 0.05) is 6.54 Å². The number of aliphatic carboxylic acids is 1. The Labute approximate surface area is 181 Å². The zero-order chi connectivity index (χ0) is 18.3. The predicted molar refractivity (Wildman–Crippen MR) is 100 cm³/mol. The number of benzene rings is 1. The minimum Gasteiger partial charge on any atom is -0.549 e. The van der Waals surface area contributed by atoms with Crippen molar-refractivity contribution >= 4 is 5.97 Å². The molecule has 0 aromatic heterocycles. The zero-order valence-electron chi connectivity index (χ0n) is 16.7. The molecule has 4 nitrogen and oxygen atoms in total. The van der Waals surface area contributed by atoms with Crippen molar-refractivity contribution in [1.82, 2.24) is 4.90 Å². The van der Waals surface area contributed by atoms with Crippen LogP contribution in [0, 0.1) is 0 Å². The fraction of sp³-hybridized carbons (Fsp3) is 0.667. The first kappa shape index (κ1) is 25.6. The number of carbonyl (C=O) groups is 1. The van der Waals surface area contributed by atoms with Crippen molar-refractivity contribution in [1.29, 1.82) is 0 Å². The van der Waals surface area contributed by atoms with Crippen molar-refractivity contribution in [3.05, 3.63) is 35.9 Å². The van der Waals surface area contributed by atoms with Crippen LogP contribution in [0.15, 0.2) is 30.3 Å². The molecule has 26 heavy (non-hydrogen) atoms. The third-order valence-corrected chi connectivity index (χ3v) is 4.68. The summed E-state index contributed by atoms with van der Waals surface area (Å²) in [5, 5.41) is 20.8. The molecule has 5 heteroatoms. The van der Waals surface area contributed by atoms with Gasteiger partial charge in [-0.15, -0.1) is 0 Å². The molecule has 1 aromatic rings. The molecule has 1 rings (SSSR count). The maximum atomic E-state index is 11.1. The first-order chi connectivity index (χ1) is 12.2. The van der Waals surface area contributed by atoms with Crippen molar-refractivity contribution in [2.45, 2.75) is 70.8 Å². The topological polar surface area (TPSA) is 63.6 Å². The van der Waals surface area contributed by atoms with Gasteiger partial charge in [0.1, 0.15) is 0 Å². The molecule has 1 aromatic carbocycles. The predicted octanol–water partition coefficient (Wildman–Crippen LogP) is 0.307. The van der Waals surface area contributed by atoms with Gasteiger partial charge in [-0.2, -0.15) is 0 Å². The van der Waals surface area contributed by atoms with E-state index in [4.69, 9.17) is 0 Å². The molecule has 0 aliphatic carbocycles. The van der Waals surface area contributed by atoms with E-state index in [1.807, 2.05) is 35.2 Å². The summed E-state index contributed by atoms with van der Waals surface area (Å²) in [6.07, 6.45) is 11.1. The van der Waals surface area contributed by atoms with Gasteiger partial charge in [0.2, 0.25) is 0 Å². The third-order valence-electron chi connectivity index (χ3n) is 4.68. The van der Waals surface area contributed by atoms with Crippen LogP contribution in [-0.4, -0.2) is 35.7 Å². The van der Waals surface area contributed by atoms with Crippen LogP contribution in [-0.2, 0) is 4.79 Å². The summed E-state index contributed by atoms with van der Waals surface area (Å²) in [5.74, 6) is -1.09. The normalized spacial score (nSPS) is 12.0. The summed E-state index contributed by atoms with van der Waals surface area (Å²) in [5.41, 5.74) is 0.946. The number of hydrogen-bond acceptors (Lipinski definition) is 4. The van der Waals surface area contributed by atoms with Crippen LogP contribution >= 0.6 is 0 Å². The van der Waals surface area contributed by atoms with E-state index in [1.54, 1.807) is 0 Å². The summed E-state index contributed by atoms with van der Waals surface area (Å²) < 4.78 is 0. The molecule has 0 bridgehead atoms. The van der Waals surface area contributed by atoms with Crippen molar-refractivity contribution in [2.24, 2.45) is 0 Å². The monoisotopic (exact) mass is 371 g/mol. The van der Waals surface area contributed by atoms with E-state index in [2.05, 4.69) is 6.92 Å². The Morgan fingerprint density at radius 1 is 1.00 bits per heavy atom. The van der Waals surface area contributed by atoms with Crippen LogP contribution in [0.3, 0.4) is 0 Å². The van der Waals surface area contributed by atoms with E-state index in [1.165, 1.54) is 44.9 Å². The van der Waals surface area contributed by atoms with Gasteiger partial charge in [-0.25, -0.2) is 0 Å². The summed E-state index contributed by atoms with van der Waals surface area (Å²) in [7, 11) is 0. The maximum absolute atomic E-state index is 11.1. The van der Waals surface area contributed by atoms with Crippen molar-refractivity contribution in [2.75, 3.05) is 19.7 Å². The van der Waals surface area contributed by atoms with Crippen LogP contribution < -0.4 is 34.7 Å². The second kappa shape index (κ2) is 16.8. The molecule has 0 fully saturated rings. The Bertz CT molecular complexity index is 456. The first-order valence-electron chi connectivity index (χ1n) is 9.78. The summed E-state index contributed by atoms with van der Waals surface area (Å²) in [6.45, 7) is 2.67. The molecule has 0 radical (unpaired) electrons. The number of rotatable bonds is 15. The molecular formula is C21H34NNaO3. The fourth-order valence-electron chi connectivity index (χ4n) is 3.24. The second-order valence-electron chi connectivity index (χ2n) is 6.78. The second-order valence-corrected chi connectivity index (χ2v) is 6.78. The molecule has 142 valence electrons. The van der Waals surface area contributed by atoms with Crippen LogP contribution in [0.2, 0.25) is 0 Å². The molecule has 0 saturated heterocycles. The molecule has 0 saturated carbocycles. The van der Waals surface area contributed by atoms with Crippen molar-refractivity contribution in [3.63, 3.8) is 0 Å². The Hall–Kier alpha value is -0.390. The summed E-state index contributed by atoms with van der Waals surface area (Å²) >= 11 is 0. The maximum Gasteiger partial charge on any atom is 1.00 e. The molecule has 0 aliphatic heterocycles. The van der Waals surface area contributed by atoms with Gasteiger partial charge in [-0.1, -0.05) is 88.6 Å². The van der Waals surface area contributed by atoms with Crippen LogP contribution in [0.1, 0.15) is 76.3 Å². The third kappa shape index (κ3) is 11.3. The van der Waals surface area contributed by atoms with Gasteiger partial charge in [0.05, 0.1) is 18.6 Å². The van der Waals surface area contributed by atoms with Crippen LogP contribution in [0.5, 0.6) is 0 Å². The Kier molecular flexibility index (Phi) is 16.5. The minimum absolute atomic E-state index is 0. The number of carboxylic acids is 1. The van der Waals surface area contributed by atoms with E-state index in [9.17, 15) is 15.0 Å². The molecule has 1 N–H and O–H groups in total. The van der Waals surface area contributed by atoms with E-state index < -0.39 is 5.97 Å². The van der Waals surface area contributed by atoms with Gasteiger partial charge in [0.25, 0.3) is 0 Å². The van der Waals surface area contributed by atoms with Crippen molar-refractivity contribution in [3.8, 4) is 0 Å². The molecule has 0 spiro atoms. The van der Waals surface area contributed by atoms with E-state index in [0.717, 1.165) is 18.4 Å². The van der Waals surface area contributed by atoms with Crippen molar-refractivity contribution < 1.29 is 44.6 Å². The van der Waals surface area contributed by atoms with Gasteiger partial charge < -0.3 is 15.0 Å². The number of aliphatic hydroxyl groups is 1. The number of carbonyl (C=O) groups excluding carboxylic acids is 1. The largest absolute Gasteiger partial charge is 1.00 e. The van der Waals surface area contributed by atoms with Crippen LogP contribution in [0.4, 0.5) is 0 Å². The van der Waals surface area contributed by atoms with Gasteiger partial charge in [0.15, 0.2) is 0 Å². The molecule has 0 heterocycles. The van der Waals surface area contributed by atoms with E-state index in [-0.39, 0.29) is 48.8 Å². The standard InChI is InChI=1S/C21H35NO3.Na/c1-2-3-4-5-6-7-8-9-13-16-22(17-21(24)25)20(18-23)19-14-11-10-12-15-19;/h10-12,14-15,20,23H,2-9,13,16-18H2,1H3,(H,24,25);/q;+1/p-1/t20-;/m0./s1. The number of unbranched alkanes of at least 4 members (excludes halogenated alkanes) is 8. The summed E-state index contributed by atoms with van der Waals surface area (Å²) in [4.78, 5) is 12.9. The number of aliphatic hydroxyl groups excluding tert-OH is 1. The number of carboxylic acid groups (broad SMARTS) is 1. The molecule has 0 unspecified atom stereocenters. The molecular weight excluding hydrogens is 337 g/mol. The number of hydrogen-bond donors (Lipinski definition) is 1. The Balaban J connectivity index is 0.00000625. The van der Waals surface area contributed by atoms with Gasteiger partial charge >= 0.3 is 29.6 Å². The fourth-order valence-corrected chi connectivity index (χ4v) is 3.24. The smallest absolute Gasteiger partial charge is 0.549 e. The Morgan fingerprint density at radius 2 is 1.54 bits per heavy atom. The first-order valence-corrected chi connectivity index (χ1v) is 9.78. The molecule has 0 amide bonds. The van der Waals surface area contributed by atoms with E-state index in [0.29, 0.717) is 6.54 Å². The van der Waals surface area contributed by atoms with Gasteiger partial charge in [-0.3, -0.25) is 4.90 Å². The van der Waals surface area contributed by atoms with E-state index >= 15 is 0 Å². The number of nitrogens with zero attached hydrogens (tertiary/aromatic N) is 1. The van der Waals surface area contributed by atoms with Crippen LogP contribution in [0.25, 0.3) is 0 Å². The Morgan fingerprint density at radius 3 is 2.04 bits per heavy atom. The molecule has 0 aliphatic rings.